The summed E-state index contributed by atoms with van der Waals surface area (Å²) in [6, 6.07) is 0. The quantitative estimate of drug-likeness (QED) is 0.549. The van der Waals surface area contributed by atoms with Crippen molar-refractivity contribution in [3.63, 3.8) is 0 Å². The second kappa shape index (κ2) is 8.98. The first-order valence-electron chi connectivity index (χ1n) is 5.97. The molecule has 0 bridgehead atoms. The molecule has 1 atom stereocenters. The molecule has 0 aliphatic rings. The second-order valence-electron chi connectivity index (χ2n) is 3.91. The Bertz CT molecular complexity index is 319. The maximum atomic E-state index is 9.57. The average Bonchev–Trinajstić information content (AvgIpc) is 2.76. The molecule has 0 aliphatic carbocycles. The normalized spacial score (nSPS) is 12.8. The maximum absolute atomic E-state index is 9.57. The minimum atomic E-state index is -0.520. The molecule has 0 saturated heterocycles. The summed E-state index contributed by atoms with van der Waals surface area (Å²) < 4.78 is 14.9. The lowest BCUT2D eigenvalue weighted by Gasteiger charge is -2.11. The van der Waals surface area contributed by atoms with Crippen molar-refractivity contribution in [2.24, 2.45) is 0 Å². The van der Waals surface area contributed by atoms with Crippen LogP contribution in [0.25, 0.3) is 0 Å². The second-order valence-corrected chi connectivity index (χ2v) is 3.91. The number of methoxy groups -OCH3 is 1. The van der Waals surface area contributed by atoms with Gasteiger partial charge in [-0.3, -0.25) is 0 Å². The first-order chi connectivity index (χ1) is 8.72. The summed E-state index contributed by atoms with van der Waals surface area (Å²) in [5.74, 6) is 1.24. The van der Waals surface area contributed by atoms with Crippen LogP contribution in [0.1, 0.15) is 11.7 Å². The lowest BCUT2D eigenvalue weighted by atomic mass is 10.3. The predicted molar refractivity (Wildman–Crippen MR) is 64.3 cm³/mol. The van der Waals surface area contributed by atoms with Crippen LogP contribution in [0.2, 0.25) is 0 Å². The van der Waals surface area contributed by atoms with Crippen molar-refractivity contribution in [3.05, 3.63) is 11.7 Å². The Kier molecular flexibility index (Phi) is 7.51. The Morgan fingerprint density at radius 3 is 2.94 bits per heavy atom. The fourth-order valence-corrected chi connectivity index (χ4v) is 1.33. The third kappa shape index (κ3) is 6.65. The Morgan fingerprint density at radius 1 is 1.44 bits per heavy atom. The topological polar surface area (TPSA) is 89.6 Å². The van der Waals surface area contributed by atoms with Crippen molar-refractivity contribution in [1.29, 1.82) is 0 Å². The zero-order valence-corrected chi connectivity index (χ0v) is 10.9. The molecule has 1 heterocycles. The number of aliphatic hydroxyl groups excluding tert-OH is 1. The molecular formula is C11H21N3O4. The largest absolute Gasteiger partial charge is 0.389 e. The molecule has 0 aromatic carbocycles. The van der Waals surface area contributed by atoms with Crippen molar-refractivity contribution in [2.45, 2.75) is 19.4 Å². The molecule has 0 amide bonds. The van der Waals surface area contributed by atoms with Crippen LogP contribution in [0, 0.1) is 6.92 Å². The van der Waals surface area contributed by atoms with Gasteiger partial charge < -0.3 is 24.4 Å². The zero-order chi connectivity index (χ0) is 13.2. The Hall–Kier alpha value is -1.02. The van der Waals surface area contributed by atoms with E-state index in [1.807, 2.05) is 0 Å². The summed E-state index contributed by atoms with van der Waals surface area (Å²) >= 11 is 0. The van der Waals surface area contributed by atoms with Gasteiger partial charge in [0, 0.05) is 33.5 Å². The minimum absolute atomic E-state index is 0.303. The van der Waals surface area contributed by atoms with Crippen molar-refractivity contribution in [3.8, 4) is 0 Å². The van der Waals surface area contributed by atoms with Crippen LogP contribution in [0.15, 0.2) is 4.52 Å². The highest BCUT2D eigenvalue weighted by Gasteiger charge is 2.05. The Morgan fingerprint density at radius 2 is 2.28 bits per heavy atom. The highest BCUT2D eigenvalue weighted by molar-refractivity contribution is 4.84. The highest BCUT2D eigenvalue weighted by atomic mass is 16.5. The van der Waals surface area contributed by atoms with Crippen LogP contribution < -0.4 is 5.32 Å². The fourth-order valence-electron chi connectivity index (χ4n) is 1.33. The number of nitrogens with one attached hydrogen (secondary N) is 1. The molecule has 1 unspecified atom stereocenters. The highest BCUT2D eigenvalue weighted by Crippen LogP contribution is 1.94. The minimum Gasteiger partial charge on any atom is -0.389 e. The van der Waals surface area contributed by atoms with Gasteiger partial charge in [-0.05, 0) is 0 Å². The van der Waals surface area contributed by atoms with Crippen molar-refractivity contribution in [1.82, 2.24) is 15.5 Å². The molecular weight excluding hydrogens is 238 g/mol. The van der Waals surface area contributed by atoms with E-state index in [0.29, 0.717) is 51.0 Å². The molecule has 7 nitrogen and oxygen atoms in total. The number of aryl methyl sites for hydroxylation is 1. The molecule has 1 rings (SSSR count). The van der Waals surface area contributed by atoms with Crippen LogP contribution >= 0.6 is 0 Å². The van der Waals surface area contributed by atoms with Gasteiger partial charge in [0.25, 0.3) is 0 Å². The van der Waals surface area contributed by atoms with Crippen LogP contribution in [0.5, 0.6) is 0 Å². The average molecular weight is 259 g/mol. The van der Waals surface area contributed by atoms with Crippen molar-refractivity contribution >= 4 is 0 Å². The molecule has 0 fully saturated rings. The van der Waals surface area contributed by atoms with E-state index >= 15 is 0 Å². The fraction of sp³-hybridized carbons (Fsp3) is 0.818. The summed E-state index contributed by atoms with van der Waals surface area (Å²) in [5, 5.41) is 16.4. The van der Waals surface area contributed by atoms with Gasteiger partial charge in [0.1, 0.15) is 0 Å². The number of hydrogen-bond acceptors (Lipinski definition) is 7. The van der Waals surface area contributed by atoms with E-state index in [1.54, 1.807) is 14.0 Å². The number of ether oxygens (including phenoxy) is 2. The molecule has 0 spiro atoms. The van der Waals surface area contributed by atoms with Gasteiger partial charge in [-0.1, -0.05) is 5.16 Å². The van der Waals surface area contributed by atoms with Crippen LogP contribution in [0.3, 0.4) is 0 Å². The third-order valence-electron chi connectivity index (χ3n) is 2.22. The molecule has 0 aliphatic heterocycles. The van der Waals surface area contributed by atoms with Crippen molar-refractivity contribution in [2.75, 3.05) is 40.0 Å². The standard InChI is InChI=1S/C11H21N3O4/c1-9-13-11(14-18-9)3-4-12-7-10(15)8-17-6-5-16-2/h10,12,15H,3-8H2,1-2H3. The van der Waals surface area contributed by atoms with Crippen LogP contribution in [0.4, 0.5) is 0 Å². The molecule has 18 heavy (non-hydrogen) atoms. The van der Waals surface area contributed by atoms with Gasteiger partial charge in [0.05, 0.1) is 25.9 Å². The first-order valence-corrected chi connectivity index (χ1v) is 5.97. The number of aromatic nitrogens is 2. The molecule has 0 saturated carbocycles. The molecule has 104 valence electrons. The van der Waals surface area contributed by atoms with E-state index in [2.05, 4.69) is 15.5 Å². The van der Waals surface area contributed by atoms with E-state index in [9.17, 15) is 5.11 Å². The number of aliphatic hydroxyl groups is 1. The zero-order valence-electron chi connectivity index (χ0n) is 10.9. The molecule has 0 radical (unpaired) electrons. The van der Waals surface area contributed by atoms with Gasteiger partial charge in [-0.2, -0.15) is 4.98 Å². The van der Waals surface area contributed by atoms with E-state index < -0.39 is 6.10 Å². The first kappa shape index (κ1) is 15.0. The van der Waals surface area contributed by atoms with Gasteiger partial charge >= 0.3 is 0 Å². The van der Waals surface area contributed by atoms with E-state index in [-0.39, 0.29) is 0 Å². The van der Waals surface area contributed by atoms with E-state index in [0.717, 1.165) is 0 Å². The monoisotopic (exact) mass is 259 g/mol. The summed E-state index contributed by atoms with van der Waals surface area (Å²) in [6.45, 7) is 4.26. The van der Waals surface area contributed by atoms with Gasteiger partial charge in [-0.25, -0.2) is 0 Å². The molecule has 1 aromatic heterocycles. The summed E-state index contributed by atoms with van der Waals surface area (Å²) in [4.78, 5) is 4.08. The third-order valence-corrected chi connectivity index (χ3v) is 2.22. The van der Waals surface area contributed by atoms with E-state index in [1.165, 1.54) is 0 Å². The SMILES string of the molecule is COCCOCC(O)CNCCc1noc(C)n1. The van der Waals surface area contributed by atoms with Gasteiger partial charge in [0.2, 0.25) is 5.89 Å². The predicted octanol–water partition coefficient (Wildman–Crippen LogP) is -0.466. The Labute approximate surface area is 106 Å². The van der Waals surface area contributed by atoms with Gasteiger partial charge in [0.15, 0.2) is 5.82 Å². The lowest BCUT2D eigenvalue weighted by molar-refractivity contribution is 0.0139. The Balaban J connectivity index is 1.96. The van der Waals surface area contributed by atoms with Gasteiger partial charge in [-0.15, -0.1) is 0 Å². The summed E-state index contributed by atoms with van der Waals surface area (Å²) in [6.07, 6.45) is 0.156. The summed E-state index contributed by atoms with van der Waals surface area (Å²) in [7, 11) is 1.61. The molecule has 1 aromatic rings. The summed E-state index contributed by atoms with van der Waals surface area (Å²) in [5.41, 5.74) is 0. The lowest BCUT2D eigenvalue weighted by Crippen LogP contribution is -2.32. The molecule has 2 N–H and O–H groups in total. The smallest absolute Gasteiger partial charge is 0.223 e. The van der Waals surface area contributed by atoms with Crippen LogP contribution in [-0.2, 0) is 15.9 Å². The number of nitrogens with zero attached hydrogens (tertiary/aromatic N) is 2. The maximum Gasteiger partial charge on any atom is 0.223 e. The van der Waals surface area contributed by atoms with Crippen LogP contribution in [-0.4, -0.2) is 61.4 Å². The molecule has 7 heteroatoms. The number of rotatable bonds is 10. The van der Waals surface area contributed by atoms with Crippen molar-refractivity contribution < 1.29 is 19.1 Å². The number of hydrogen-bond donors (Lipinski definition) is 2. The van der Waals surface area contributed by atoms with E-state index in [4.69, 9.17) is 14.0 Å².